The highest BCUT2D eigenvalue weighted by Gasteiger charge is 2.35. The van der Waals surface area contributed by atoms with Crippen molar-refractivity contribution in [3.05, 3.63) is 88.9 Å². The maximum Gasteiger partial charge on any atom is 0.433 e. The van der Waals surface area contributed by atoms with Crippen LogP contribution in [0.4, 0.5) is 22.0 Å². The lowest BCUT2D eigenvalue weighted by Gasteiger charge is -2.16. The van der Waals surface area contributed by atoms with Crippen molar-refractivity contribution >= 4 is 16.0 Å². The number of nitrogens with two attached hydrogens (primary N) is 1. The fourth-order valence-corrected chi connectivity index (χ4v) is 5.11. The molecule has 0 bridgehead atoms. The maximum atomic E-state index is 14.7. The molecule has 1 fully saturated rings. The summed E-state index contributed by atoms with van der Waals surface area (Å²) in [5, 5.41) is 14.5. The number of hydrogen-bond donors (Lipinski definition) is 2. The van der Waals surface area contributed by atoms with Crippen LogP contribution in [0.25, 0.3) is 22.6 Å². The van der Waals surface area contributed by atoms with E-state index in [0.717, 1.165) is 25.0 Å². The Morgan fingerprint density at radius 1 is 1.02 bits per heavy atom. The summed E-state index contributed by atoms with van der Waals surface area (Å²) in [4.78, 5) is 18.5. The number of carbonyl (C=O) groups is 1. The third kappa shape index (κ3) is 6.12. The molecule has 41 heavy (non-hydrogen) atoms. The molecule has 2 aromatic heterocycles. The predicted molar refractivity (Wildman–Crippen MR) is 136 cm³/mol. The van der Waals surface area contributed by atoms with Gasteiger partial charge in [0.15, 0.2) is 11.5 Å². The number of rotatable bonds is 8. The van der Waals surface area contributed by atoms with E-state index in [-0.39, 0.29) is 18.0 Å². The van der Waals surface area contributed by atoms with E-state index in [1.807, 2.05) is 0 Å². The zero-order valence-electron chi connectivity index (χ0n) is 21.0. The lowest BCUT2D eigenvalue weighted by Crippen LogP contribution is -2.15. The van der Waals surface area contributed by atoms with E-state index >= 15 is 0 Å². The normalized spacial score (nSPS) is 13.9. The average Bonchev–Trinajstić information content (AvgIpc) is 3.64. The van der Waals surface area contributed by atoms with Gasteiger partial charge >= 0.3 is 12.1 Å². The minimum absolute atomic E-state index is 0.0681. The smallest absolute Gasteiger partial charge is 0.433 e. The first-order chi connectivity index (χ1) is 19.2. The van der Waals surface area contributed by atoms with E-state index < -0.39 is 55.9 Å². The molecule has 0 radical (unpaired) electrons. The third-order valence-corrected chi connectivity index (χ3v) is 7.59. The Bertz CT molecular complexity index is 1770. The fourth-order valence-electron chi connectivity index (χ4n) is 4.52. The fraction of sp³-hybridized carbons (Fsp3) is 0.222. The molecular weight excluding hydrogens is 571 g/mol. The number of aromatic nitrogens is 3. The minimum atomic E-state index is -4.95. The van der Waals surface area contributed by atoms with Gasteiger partial charge in [0.1, 0.15) is 22.2 Å². The minimum Gasteiger partial charge on any atom is -0.477 e. The number of carboxylic acid groups (broad SMARTS) is 1. The number of nitrogens with zero attached hydrogens (tertiary/aromatic N) is 3. The van der Waals surface area contributed by atoms with Crippen molar-refractivity contribution in [2.45, 2.75) is 36.9 Å². The van der Waals surface area contributed by atoms with Crippen molar-refractivity contribution in [1.82, 2.24) is 14.5 Å². The van der Waals surface area contributed by atoms with Gasteiger partial charge in [0, 0.05) is 29.6 Å². The van der Waals surface area contributed by atoms with Crippen molar-refractivity contribution in [2.24, 2.45) is 11.1 Å². The number of halogens is 5. The van der Waals surface area contributed by atoms with E-state index in [9.17, 15) is 40.3 Å². The maximum absolute atomic E-state index is 14.7. The summed E-state index contributed by atoms with van der Waals surface area (Å²) in [6.07, 6.45) is -2.91. The summed E-state index contributed by atoms with van der Waals surface area (Å²) in [7, 11) is -4.33. The van der Waals surface area contributed by atoms with E-state index in [1.165, 1.54) is 36.4 Å². The second kappa shape index (κ2) is 10.3. The van der Waals surface area contributed by atoms with E-state index in [1.54, 1.807) is 4.57 Å². The molecule has 5 rings (SSSR count). The molecule has 1 aliphatic rings. The van der Waals surface area contributed by atoms with Gasteiger partial charge in [0.2, 0.25) is 10.0 Å². The highest BCUT2D eigenvalue weighted by atomic mass is 32.2. The Kier molecular flexibility index (Phi) is 7.15. The van der Waals surface area contributed by atoms with Gasteiger partial charge in [0.25, 0.3) is 0 Å². The van der Waals surface area contributed by atoms with Gasteiger partial charge in [-0.2, -0.15) is 13.2 Å². The molecule has 1 aliphatic carbocycles. The van der Waals surface area contributed by atoms with Crippen LogP contribution in [-0.2, 0) is 29.2 Å². The van der Waals surface area contributed by atoms with Crippen LogP contribution in [0.1, 0.15) is 40.3 Å². The molecule has 0 unspecified atom stereocenters. The highest BCUT2D eigenvalue weighted by molar-refractivity contribution is 7.89. The van der Waals surface area contributed by atoms with Crippen LogP contribution >= 0.6 is 0 Å². The Balaban J connectivity index is 1.74. The van der Waals surface area contributed by atoms with Gasteiger partial charge in [-0.15, -0.1) is 0 Å². The second-order valence-electron chi connectivity index (χ2n) is 9.71. The molecule has 2 heterocycles. The second-order valence-corrected chi connectivity index (χ2v) is 11.2. The first kappa shape index (κ1) is 28.4. The number of sulfonamides is 1. The number of alkyl halides is 3. The molecule has 8 nitrogen and oxygen atoms in total. The zero-order valence-corrected chi connectivity index (χ0v) is 21.8. The Morgan fingerprint density at radius 3 is 2.27 bits per heavy atom. The summed E-state index contributed by atoms with van der Waals surface area (Å²) >= 11 is 0. The molecule has 0 amide bonds. The number of carboxylic acids is 1. The van der Waals surface area contributed by atoms with Gasteiger partial charge in [-0.1, -0.05) is 6.07 Å². The zero-order chi connectivity index (χ0) is 29.7. The molecular formula is C27H21F5N4O4S. The van der Waals surface area contributed by atoms with Crippen molar-refractivity contribution in [1.29, 1.82) is 0 Å². The average molecular weight is 593 g/mol. The Morgan fingerprint density at radius 2 is 1.71 bits per heavy atom. The van der Waals surface area contributed by atoms with Gasteiger partial charge < -0.3 is 9.67 Å². The molecule has 14 heteroatoms. The number of hydrogen-bond acceptors (Lipinski definition) is 5. The summed E-state index contributed by atoms with van der Waals surface area (Å²) in [5.74, 6) is -3.58. The standard InChI is InChI=1S/C27H21F5N4O4S/c28-17-6-4-16(5-7-17)21-11-18(25-34-20(26(37)38)12-24(35-25)27(30,31)32)22(10-14-1-2-14)36(21)13-15-3-8-23(19(29)9-15)41(33,39)40/h3-9,11-12,14H,1-2,10,13H2,(H,37,38)(H2,33,39,40). The van der Waals surface area contributed by atoms with Crippen molar-refractivity contribution in [3.63, 3.8) is 0 Å². The predicted octanol–water partition coefficient (Wildman–Crippen LogP) is 5.26. The van der Waals surface area contributed by atoms with Crippen molar-refractivity contribution in [3.8, 4) is 22.6 Å². The van der Waals surface area contributed by atoms with Gasteiger partial charge in [0.05, 0.1) is 0 Å². The lowest BCUT2D eigenvalue weighted by molar-refractivity contribution is -0.141. The molecule has 3 N–H and O–H groups in total. The molecule has 0 aliphatic heterocycles. The topological polar surface area (TPSA) is 128 Å². The van der Waals surface area contributed by atoms with Crippen LogP contribution < -0.4 is 5.14 Å². The van der Waals surface area contributed by atoms with Gasteiger partial charge in [-0.05, 0) is 78.8 Å². The first-order valence-corrected chi connectivity index (χ1v) is 13.7. The van der Waals surface area contributed by atoms with Crippen LogP contribution in [0.2, 0.25) is 0 Å². The molecule has 214 valence electrons. The van der Waals surface area contributed by atoms with Gasteiger partial charge in [-0.3, -0.25) is 0 Å². The van der Waals surface area contributed by atoms with E-state index in [4.69, 9.17) is 5.14 Å². The van der Waals surface area contributed by atoms with Crippen molar-refractivity contribution < 1.29 is 40.3 Å². The molecule has 0 spiro atoms. The van der Waals surface area contributed by atoms with Crippen LogP contribution in [0.15, 0.2) is 59.5 Å². The highest BCUT2D eigenvalue weighted by Crippen LogP contribution is 2.40. The number of primary sulfonamides is 1. The summed E-state index contributed by atoms with van der Waals surface area (Å²) in [6.45, 7) is -0.0681. The number of benzene rings is 2. The quantitative estimate of drug-likeness (QED) is 0.269. The van der Waals surface area contributed by atoms with Crippen LogP contribution in [-0.4, -0.2) is 34.0 Å². The van der Waals surface area contributed by atoms with E-state index in [2.05, 4.69) is 9.97 Å². The monoisotopic (exact) mass is 592 g/mol. The van der Waals surface area contributed by atoms with Crippen LogP contribution in [0.3, 0.4) is 0 Å². The molecule has 2 aromatic carbocycles. The van der Waals surface area contributed by atoms with Crippen LogP contribution in [0.5, 0.6) is 0 Å². The van der Waals surface area contributed by atoms with Gasteiger partial charge in [-0.25, -0.2) is 37.1 Å². The molecule has 0 atom stereocenters. The van der Waals surface area contributed by atoms with Crippen LogP contribution in [0, 0.1) is 17.6 Å². The largest absolute Gasteiger partial charge is 0.477 e. The summed E-state index contributed by atoms with van der Waals surface area (Å²) in [6, 6.07) is 10.5. The van der Waals surface area contributed by atoms with E-state index in [0.29, 0.717) is 35.0 Å². The Labute approximate surface area is 230 Å². The summed E-state index contributed by atoms with van der Waals surface area (Å²) < 4.78 is 94.5. The number of aromatic carboxylic acids is 1. The first-order valence-electron chi connectivity index (χ1n) is 12.2. The SMILES string of the molecule is NS(=O)(=O)c1ccc(Cn2c(-c3ccc(F)cc3)cc(-c3nc(C(=O)O)cc(C(F)(F)F)n3)c2CC2CC2)cc1F. The molecule has 1 saturated carbocycles. The molecule has 4 aromatic rings. The third-order valence-electron chi connectivity index (χ3n) is 6.65. The Hall–Kier alpha value is -4.17. The summed E-state index contributed by atoms with van der Waals surface area (Å²) in [5.41, 5.74) is -0.546. The molecule has 0 saturated heterocycles. The van der Waals surface area contributed by atoms with Crippen molar-refractivity contribution in [2.75, 3.05) is 0 Å². The lowest BCUT2D eigenvalue weighted by atomic mass is 10.1.